The predicted octanol–water partition coefficient (Wildman–Crippen LogP) is 0.581. The molecule has 0 aromatic carbocycles. The summed E-state index contributed by atoms with van der Waals surface area (Å²) in [5.41, 5.74) is 0.0802. The number of rotatable bonds is 5. The molecule has 0 unspecified atom stereocenters. The number of hydrogen-bond donors (Lipinski definition) is 2. The average Bonchev–Trinajstić information content (AvgIpc) is 2.94. The number of aryl methyl sites for hydroxylation is 2. The summed E-state index contributed by atoms with van der Waals surface area (Å²) in [6.07, 6.45) is 3.24. The van der Waals surface area contributed by atoms with E-state index in [2.05, 4.69) is 15.6 Å². The van der Waals surface area contributed by atoms with Crippen LogP contribution >= 0.6 is 0 Å². The quantitative estimate of drug-likeness (QED) is 0.820. The van der Waals surface area contributed by atoms with Crippen molar-refractivity contribution in [3.05, 3.63) is 28.0 Å². The van der Waals surface area contributed by atoms with Crippen LogP contribution in [-0.2, 0) is 11.8 Å². The molecule has 8 heteroatoms. The number of aromatic nitrogens is 2. The van der Waals surface area contributed by atoms with Gasteiger partial charge in [-0.25, -0.2) is 4.98 Å². The van der Waals surface area contributed by atoms with Gasteiger partial charge in [-0.3, -0.25) is 9.59 Å². The summed E-state index contributed by atoms with van der Waals surface area (Å²) in [4.78, 5) is 29.3. The summed E-state index contributed by atoms with van der Waals surface area (Å²) in [5, 5.41) is 6.53. The van der Waals surface area contributed by atoms with Gasteiger partial charge in [0.25, 0.3) is 11.5 Å². The molecule has 0 saturated carbocycles. The molecular weight excluding hydrogens is 324 g/mol. The zero-order chi connectivity index (χ0) is 18.0. The Labute approximate surface area is 145 Å². The normalized spacial score (nSPS) is 16.9. The van der Waals surface area contributed by atoms with Crippen LogP contribution in [0.25, 0.3) is 11.1 Å². The Morgan fingerprint density at radius 3 is 2.88 bits per heavy atom. The van der Waals surface area contributed by atoms with Gasteiger partial charge in [0, 0.05) is 26.1 Å². The second kappa shape index (κ2) is 6.97. The van der Waals surface area contributed by atoms with E-state index in [9.17, 15) is 9.59 Å². The number of carbonyl (C=O) groups is 1. The van der Waals surface area contributed by atoms with Gasteiger partial charge in [-0.2, -0.15) is 0 Å². The summed E-state index contributed by atoms with van der Waals surface area (Å²) < 4.78 is 12.2. The molecular formula is C17H24N4O4. The fraction of sp³-hybridized carbons (Fsp3) is 0.588. The standard InChI is InChI=1S/C17H24N4O4/c1-11-12(13-15(25-11)20-10-21(2)16(13)23)14(22)19-8-17(9-24-3)4-6-18-7-5-17/h10,18H,4-9H2,1-3H3,(H,19,22). The van der Waals surface area contributed by atoms with E-state index >= 15 is 0 Å². The van der Waals surface area contributed by atoms with Crippen molar-refractivity contribution in [2.75, 3.05) is 33.4 Å². The second-order valence-electron chi connectivity index (χ2n) is 6.74. The molecule has 3 rings (SSSR count). The number of ether oxygens (including phenoxy) is 1. The Balaban J connectivity index is 1.86. The zero-order valence-electron chi connectivity index (χ0n) is 14.8. The summed E-state index contributed by atoms with van der Waals surface area (Å²) in [6.45, 7) is 4.55. The Morgan fingerprint density at radius 2 is 2.20 bits per heavy atom. The molecule has 0 spiro atoms. The van der Waals surface area contributed by atoms with E-state index < -0.39 is 0 Å². The van der Waals surface area contributed by atoms with Crippen molar-refractivity contribution < 1.29 is 13.9 Å². The molecule has 1 saturated heterocycles. The first-order chi connectivity index (χ1) is 12.0. The topological polar surface area (TPSA) is 98.4 Å². The minimum absolute atomic E-state index is 0.0910. The number of furan rings is 1. The maximum absolute atomic E-state index is 12.8. The van der Waals surface area contributed by atoms with E-state index in [4.69, 9.17) is 9.15 Å². The summed E-state index contributed by atoms with van der Waals surface area (Å²) in [6, 6.07) is 0. The largest absolute Gasteiger partial charge is 0.442 e. The molecule has 2 aromatic rings. The molecule has 25 heavy (non-hydrogen) atoms. The van der Waals surface area contributed by atoms with Gasteiger partial charge in [0.2, 0.25) is 5.71 Å². The highest BCUT2D eigenvalue weighted by molar-refractivity contribution is 6.06. The first-order valence-electron chi connectivity index (χ1n) is 8.40. The van der Waals surface area contributed by atoms with Crippen LogP contribution < -0.4 is 16.2 Å². The number of hydrogen-bond acceptors (Lipinski definition) is 6. The van der Waals surface area contributed by atoms with Crippen molar-refractivity contribution >= 4 is 17.0 Å². The highest BCUT2D eigenvalue weighted by Gasteiger charge is 2.33. The van der Waals surface area contributed by atoms with Gasteiger partial charge < -0.3 is 24.4 Å². The number of carbonyl (C=O) groups excluding carboxylic acids is 1. The SMILES string of the molecule is COCC1(CNC(=O)c2c(C)oc3ncn(C)c(=O)c23)CCNCC1. The van der Waals surface area contributed by atoms with Crippen molar-refractivity contribution in [2.45, 2.75) is 19.8 Å². The smallest absolute Gasteiger partial charge is 0.265 e. The molecule has 2 N–H and O–H groups in total. The van der Waals surface area contributed by atoms with Crippen LogP contribution in [0.15, 0.2) is 15.5 Å². The van der Waals surface area contributed by atoms with E-state index in [0.717, 1.165) is 25.9 Å². The van der Waals surface area contributed by atoms with Crippen molar-refractivity contribution in [1.82, 2.24) is 20.2 Å². The predicted molar refractivity (Wildman–Crippen MR) is 92.7 cm³/mol. The number of amides is 1. The van der Waals surface area contributed by atoms with Gasteiger partial charge in [-0.05, 0) is 32.9 Å². The summed E-state index contributed by atoms with van der Waals surface area (Å²) in [7, 11) is 3.27. The Kier molecular flexibility index (Phi) is 4.91. The van der Waals surface area contributed by atoms with E-state index in [1.54, 1.807) is 21.1 Å². The van der Waals surface area contributed by atoms with Crippen LogP contribution in [0.2, 0.25) is 0 Å². The molecule has 0 aliphatic carbocycles. The fourth-order valence-corrected chi connectivity index (χ4v) is 3.45. The third-order valence-electron chi connectivity index (χ3n) is 4.91. The van der Waals surface area contributed by atoms with Gasteiger partial charge >= 0.3 is 0 Å². The lowest BCUT2D eigenvalue weighted by molar-refractivity contribution is 0.0511. The van der Waals surface area contributed by atoms with Crippen LogP contribution in [0.1, 0.15) is 29.0 Å². The molecule has 1 fully saturated rings. The molecule has 1 amide bonds. The molecule has 2 aromatic heterocycles. The van der Waals surface area contributed by atoms with E-state index in [-0.39, 0.29) is 33.5 Å². The maximum Gasteiger partial charge on any atom is 0.265 e. The van der Waals surface area contributed by atoms with Gasteiger partial charge in [-0.15, -0.1) is 0 Å². The molecule has 0 radical (unpaired) electrons. The molecule has 0 atom stereocenters. The third kappa shape index (κ3) is 3.32. The average molecular weight is 348 g/mol. The molecule has 3 heterocycles. The van der Waals surface area contributed by atoms with Crippen LogP contribution in [0, 0.1) is 12.3 Å². The van der Waals surface area contributed by atoms with Crippen LogP contribution in [0.4, 0.5) is 0 Å². The van der Waals surface area contributed by atoms with Crippen LogP contribution in [0.3, 0.4) is 0 Å². The van der Waals surface area contributed by atoms with E-state index in [0.29, 0.717) is 18.9 Å². The highest BCUT2D eigenvalue weighted by atomic mass is 16.5. The minimum atomic E-state index is -0.310. The number of nitrogens with zero attached hydrogens (tertiary/aromatic N) is 2. The molecule has 1 aliphatic rings. The molecule has 0 bridgehead atoms. The lowest BCUT2D eigenvalue weighted by Crippen LogP contribution is -2.47. The Hall–Kier alpha value is -2.19. The van der Waals surface area contributed by atoms with Crippen LogP contribution in [-0.4, -0.2) is 48.8 Å². The maximum atomic E-state index is 12.8. The Morgan fingerprint density at radius 1 is 1.48 bits per heavy atom. The zero-order valence-corrected chi connectivity index (χ0v) is 14.8. The third-order valence-corrected chi connectivity index (χ3v) is 4.91. The first-order valence-corrected chi connectivity index (χ1v) is 8.40. The minimum Gasteiger partial charge on any atom is -0.442 e. The highest BCUT2D eigenvalue weighted by Crippen LogP contribution is 2.29. The van der Waals surface area contributed by atoms with Gasteiger partial charge in [0.05, 0.1) is 12.2 Å². The monoisotopic (exact) mass is 348 g/mol. The van der Waals surface area contributed by atoms with Crippen molar-refractivity contribution in [2.24, 2.45) is 12.5 Å². The summed E-state index contributed by atoms with van der Waals surface area (Å²) >= 11 is 0. The molecule has 8 nitrogen and oxygen atoms in total. The van der Waals surface area contributed by atoms with Gasteiger partial charge in [0.15, 0.2) is 0 Å². The fourth-order valence-electron chi connectivity index (χ4n) is 3.45. The Bertz CT molecular complexity index is 828. The lowest BCUT2D eigenvalue weighted by atomic mass is 9.79. The first kappa shape index (κ1) is 17.6. The van der Waals surface area contributed by atoms with Crippen molar-refractivity contribution in [1.29, 1.82) is 0 Å². The lowest BCUT2D eigenvalue weighted by Gasteiger charge is -2.37. The second-order valence-corrected chi connectivity index (χ2v) is 6.74. The number of piperidine rings is 1. The number of fused-ring (bicyclic) bond motifs is 1. The molecule has 136 valence electrons. The van der Waals surface area contributed by atoms with E-state index in [1.807, 2.05) is 0 Å². The summed E-state index contributed by atoms with van der Waals surface area (Å²) in [5.74, 6) is 0.0877. The molecule has 1 aliphatic heterocycles. The van der Waals surface area contributed by atoms with Crippen LogP contribution in [0.5, 0.6) is 0 Å². The van der Waals surface area contributed by atoms with Crippen molar-refractivity contribution in [3.8, 4) is 0 Å². The number of nitrogens with one attached hydrogen (secondary N) is 2. The number of methoxy groups -OCH3 is 1. The van der Waals surface area contributed by atoms with Gasteiger partial charge in [-0.1, -0.05) is 0 Å². The van der Waals surface area contributed by atoms with Crippen molar-refractivity contribution in [3.63, 3.8) is 0 Å². The van der Waals surface area contributed by atoms with Gasteiger partial charge in [0.1, 0.15) is 17.5 Å². The van der Waals surface area contributed by atoms with E-state index in [1.165, 1.54) is 10.9 Å².